The minimum absolute atomic E-state index is 0.0485. The van der Waals surface area contributed by atoms with Crippen LogP contribution in [0.1, 0.15) is 110 Å². The van der Waals surface area contributed by atoms with E-state index in [0.29, 0.717) is 39.6 Å². The van der Waals surface area contributed by atoms with Gasteiger partial charge in [-0.2, -0.15) is 0 Å². The van der Waals surface area contributed by atoms with Crippen molar-refractivity contribution in [1.29, 1.82) is 0 Å². The summed E-state index contributed by atoms with van der Waals surface area (Å²) in [5.41, 5.74) is 0. The smallest absolute Gasteiger partial charge is 0.0701 e. The van der Waals surface area contributed by atoms with Gasteiger partial charge in [0.25, 0.3) is 0 Å². The van der Waals surface area contributed by atoms with E-state index in [1.165, 1.54) is 103 Å². The van der Waals surface area contributed by atoms with Crippen LogP contribution in [-0.2, 0) is 14.2 Å². The molecule has 0 aliphatic carbocycles. The van der Waals surface area contributed by atoms with E-state index in [-0.39, 0.29) is 13.2 Å². The van der Waals surface area contributed by atoms with Gasteiger partial charge in [-0.1, -0.05) is 103 Å². The minimum Gasteiger partial charge on any atom is -0.395 e. The average Bonchev–Trinajstić information content (AvgIpc) is 2.84. The van der Waals surface area contributed by atoms with Crippen molar-refractivity contribution in [3.05, 3.63) is 0 Å². The Labute approximate surface area is 211 Å². The van der Waals surface area contributed by atoms with Crippen LogP contribution in [0.2, 0.25) is 0 Å². The van der Waals surface area contributed by atoms with Crippen LogP contribution in [0.25, 0.3) is 0 Å². The standard InChI is InChI=1S/C28H59NO5/c1-2-3-4-5-6-7-8-9-10-11-12-13-14-15-16-17-18-29(19-21-30)20-23-32-25-27-34-28-26-33-24-22-31/h30-31H,2-28H2,1H3. The molecule has 0 aliphatic rings. The molecule has 34 heavy (non-hydrogen) atoms. The van der Waals surface area contributed by atoms with Gasteiger partial charge in [-0.15, -0.1) is 0 Å². The van der Waals surface area contributed by atoms with Crippen LogP contribution >= 0.6 is 0 Å². The van der Waals surface area contributed by atoms with Gasteiger partial charge in [0, 0.05) is 13.1 Å². The summed E-state index contributed by atoms with van der Waals surface area (Å²) in [5.74, 6) is 0. The molecule has 0 atom stereocenters. The van der Waals surface area contributed by atoms with Crippen molar-refractivity contribution in [2.45, 2.75) is 110 Å². The van der Waals surface area contributed by atoms with Crippen LogP contribution in [0, 0.1) is 0 Å². The highest BCUT2D eigenvalue weighted by Crippen LogP contribution is 2.13. The van der Waals surface area contributed by atoms with Crippen LogP contribution in [-0.4, -0.2) is 87.6 Å². The molecule has 0 unspecified atom stereocenters. The zero-order valence-corrected chi connectivity index (χ0v) is 22.7. The summed E-state index contributed by atoms with van der Waals surface area (Å²) in [6.45, 7) is 8.36. The maximum absolute atomic E-state index is 9.30. The molecule has 6 heteroatoms. The first-order valence-corrected chi connectivity index (χ1v) is 14.5. The lowest BCUT2D eigenvalue weighted by molar-refractivity contribution is 0.00405. The molecule has 2 N–H and O–H groups in total. The van der Waals surface area contributed by atoms with Gasteiger partial charge >= 0.3 is 0 Å². The van der Waals surface area contributed by atoms with Crippen LogP contribution in [0.3, 0.4) is 0 Å². The van der Waals surface area contributed by atoms with Crippen molar-refractivity contribution in [3.63, 3.8) is 0 Å². The number of unbranched alkanes of at least 4 members (excludes halogenated alkanes) is 15. The number of hydrogen-bond acceptors (Lipinski definition) is 6. The Bertz CT molecular complexity index is 360. The molecule has 206 valence electrons. The highest BCUT2D eigenvalue weighted by atomic mass is 16.5. The van der Waals surface area contributed by atoms with E-state index in [9.17, 15) is 5.11 Å². The van der Waals surface area contributed by atoms with Gasteiger partial charge < -0.3 is 24.4 Å². The summed E-state index contributed by atoms with van der Waals surface area (Å²) in [7, 11) is 0. The SMILES string of the molecule is CCCCCCCCCCCCCCCCCCN(CCO)CCOCCOCCOCCO. The molecule has 0 rings (SSSR count). The fraction of sp³-hybridized carbons (Fsp3) is 1.00. The molecule has 0 radical (unpaired) electrons. The first-order valence-electron chi connectivity index (χ1n) is 14.5. The monoisotopic (exact) mass is 489 g/mol. The molecule has 0 amide bonds. The molecule has 0 aromatic carbocycles. The summed E-state index contributed by atoms with van der Waals surface area (Å²) in [6, 6.07) is 0. The third-order valence-electron chi connectivity index (χ3n) is 6.28. The van der Waals surface area contributed by atoms with E-state index in [2.05, 4.69) is 11.8 Å². The van der Waals surface area contributed by atoms with Crippen molar-refractivity contribution in [2.75, 3.05) is 72.5 Å². The zero-order valence-electron chi connectivity index (χ0n) is 22.7. The van der Waals surface area contributed by atoms with E-state index >= 15 is 0 Å². The van der Waals surface area contributed by atoms with Crippen molar-refractivity contribution < 1.29 is 24.4 Å². The fourth-order valence-electron chi connectivity index (χ4n) is 4.16. The van der Waals surface area contributed by atoms with E-state index < -0.39 is 0 Å². The van der Waals surface area contributed by atoms with Crippen LogP contribution in [0.4, 0.5) is 0 Å². The van der Waals surface area contributed by atoms with Crippen LogP contribution < -0.4 is 0 Å². The first kappa shape index (κ1) is 33.8. The van der Waals surface area contributed by atoms with E-state index in [0.717, 1.165) is 19.6 Å². The third-order valence-corrected chi connectivity index (χ3v) is 6.28. The Morgan fingerprint density at radius 1 is 0.412 bits per heavy atom. The third kappa shape index (κ3) is 28.0. The molecule has 0 saturated heterocycles. The predicted octanol–water partition coefficient (Wildman–Crippen LogP) is 5.58. The van der Waals surface area contributed by atoms with Gasteiger partial charge in [-0.3, -0.25) is 4.90 Å². The van der Waals surface area contributed by atoms with Gasteiger partial charge in [-0.25, -0.2) is 0 Å². The average molecular weight is 490 g/mol. The Morgan fingerprint density at radius 2 is 0.824 bits per heavy atom. The number of nitrogens with zero attached hydrogens (tertiary/aromatic N) is 1. The molecule has 0 aromatic rings. The van der Waals surface area contributed by atoms with E-state index in [1.807, 2.05) is 0 Å². The summed E-state index contributed by atoms with van der Waals surface area (Å²) in [5, 5.41) is 17.9. The molecule has 0 bridgehead atoms. The lowest BCUT2D eigenvalue weighted by Gasteiger charge is -2.21. The highest BCUT2D eigenvalue weighted by Gasteiger charge is 2.04. The fourth-order valence-corrected chi connectivity index (χ4v) is 4.16. The largest absolute Gasteiger partial charge is 0.395 e. The molecule has 0 spiro atoms. The highest BCUT2D eigenvalue weighted by molar-refractivity contribution is 4.58. The van der Waals surface area contributed by atoms with Crippen LogP contribution in [0.15, 0.2) is 0 Å². The molecule has 6 nitrogen and oxygen atoms in total. The Balaban J connectivity index is 3.35. The van der Waals surface area contributed by atoms with E-state index in [1.54, 1.807) is 0 Å². The normalized spacial score (nSPS) is 11.6. The second-order valence-corrected chi connectivity index (χ2v) is 9.43. The molecule has 0 aliphatic heterocycles. The first-order chi connectivity index (χ1) is 16.8. The predicted molar refractivity (Wildman–Crippen MR) is 143 cm³/mol. The number of aliphatic hydroxyl groups excluding tert-OH is 2. The van der Waals surface area contributed by atoms with Gasteiger partial charge in [0.15, 0.2) is 0 Å². The second kappa shape index (κ2) is 30.8. The molecular formula is C28H59NO5. The summed E-state index contributed by atoms with van der Waals surface area (Å²) in [6.07, 6.45) is 22.2. The molecular weight excluding hydrogens is 430 g/mol. The van der Waals surface area contributed by atoms with Crippen LogP contribution in [0.5, 0.6) is 0 Å². The van der Waals surface area contributed by atoms with Crippen molar-refractivity contribution in [1.82, 2.24) is 4.90 Å². The molecule has 0 aromatic heterocycles. The summed E-state index contributed by atoms with van der Waals surface area (Å²) >= 11 is 0. The number of aliphatic hydroxyl groups is 2. The molecule has 0 saturated carbocycles. The maximum atomic E-state index is 9.30. The number of ether oxygens (including phenoxy) is 3. The number of hydrogen-bond donors (Lipinski definition) is 2. The topological polar surface area (TPSA) is 71.4 Å². The maximum Gasteiger partial charge on any atom is 0.0701 e. The Kier molecular flexibility index (Phi) is 30.6. The summed E-state index contributed by atoms with van der Waals surface area (Å²) in [4.78, 5) is 2.30. The Morgan fingerprint density at radius 3 is 1.26 bits per heavy atom. The van der Waals surface area contributed by atoms with Crippen molar-refractivity contribution in [2.24, 2.45) is 0 Å². The number of rotatable bonds is 30. The van der Waals surface area contributed by atoms with Crippen molar-refractivity contribution >= 4 is 0 Å². The lowest BCUT2D eigenvalue weighted by Crippen LogP contribution is -2.31. The van der Waals surface area contributed by atoms with Gasteiger partial charge in [0.2, 0.25) is 0 Å². The van der Waals surface area contributed by atoms with Gasteiger partial charge in [0.05, 0.1) is 52.9 Å². The van der Waals surface area contributed by atoms with Gasteiger partial charge in [0.1, 0.15) is 0 Å². The summed E-state index contributed by atoms with van der Waals surface area (Å²) < 4.78 is 16.2. The van der Waals surface area contributed by atoms with Gasteiger partial charge in [-0.05, 0) is 13.0 Å². The molecule has 0 fully saturated rings. The lowest BCUT2D eigenvalue weighted by atomic mass is 10.0. The second-order valence-electron chi connectivity index (χ2n) is 9.43. The molecule has 0 heterocycles. The van der Waals surface area contributed by atoms with E-state index in [4.69, 9.17) is 19.3 Å². The van der Waals surface area contributed by atoms with Crippen molar-refractivity contribution in [3.8, 4) is 0 Å². The Hall–Kier alpha value is -0.240. The minimum atomic E-state index is 0.0485. The quantitative estimate of drug-likeness (QED) is 0.128. The zero-order chi connectivity index (χ0) is 24.8.